The first-order valence-corrected chi connectivity index (χ1v) is 10.8. The third-order valence-electron chi connectivity index (χ3n) is 4.75. The molecule has 4 bridgehead atoms. The molecule has 1 heterocycles. The zero-order chi connectivity index (χ0) is 22.3. The number of halogens is 4. The van der Waals surface area contributed by atoms with Crippen LogP contribution in [0.5, 0.6) is 5.75 Å². The lowest BCUT2D eigenvalue weighted by atomic mass is 9.98. The van der Waals surface area contributed by atoms with Crippen LogP contribution in [0.3, 0.4) is 0 Å². The zero-order valence-corrected chi connectivity index (χ0v) is 17.6. The summed E-state index contributed by atoms with van der Waals surface area (Å²) in [5.74, 6) is -2.91. The molecule has 0 radical (unpaired) electrons. The molecule has 0 aliphatic carbocycles. The van der Waals surface area contributed by atoms with Crippen LogP contribution in [-0.2, 0) is 28.0 Å². The van der Waals surface area contributed by atoms with E-state index in [-0.39, 0.29) is 40.0 Å². The van der Waals surface area contributed by atoms with Crippen LogP contribution in [-0.4, -0.2) is 15.5 Å². The largest absolute Gasteiger partial charge is 0.494 e. The summed E-state index contributed by atoms with van der Waals surface area (Å²) in [5.41, 5.74) is 0.246. The lowest BCUT2D eigenvalue weighted by molar-refractivity contribution is 0.107. The molecule has 1 N–H and O–H groups in total. The second kappa shape index (κ2) is 8.07. The number of sulfonamides is 1. The minimum atomic E-state index is -4.40. The van der Waals surface area contributed by atoms with Gasteiger partial charge in [-0.25, -0.2) is 21.6 Å². The molecule has 10 heteroatoms. The summed E-state index contributed by atoms with van der Waals surface area (Å²) in [7, 11) is -3.15. The van der Waals surface area contributed by atoms with Crippen molar-refractivity contribution in [1.29, 1.82) is 0 Å². The van der Waals surface area contributed by atoms with Crippen molar-refractivity contribution in [2.75, 3.05) is 11.8 Å². The quantitative estimate of drug-likeness (QED) is 0.527. The van der Waals surface area contributed by atoms with Crippen molar-refractivity contribution in [3.63, 3.8) is 0 Å². The number of methoxy groups -OCH3 is 1. The molecule has 4 rings (SSSR count). The van der Waals surface area contributed by atoms with Crippen LogP contribution >= 0.6 is 11.6 Å². The van der Waals surface area contributed by atoms with Crippen LogP contribution in [0.25, 0.3) is 11.1 Å². The van der Waals surface area contributed by atoms with Crippen molar-refractivity contribution >= 4 is 27.3 Å². The molecule has 5 nitrogen and oxygen atoms in total. The number of hydrogen-bond donors (Lipinski definition) is 1. The molecule has 3 aromatic carbocycles. The van der Waals surface area contributed by atoms with Crippen molar-refractivity contribution in [3.8, 4) is 16.9 Å². The third kappa shape index (κ3) is 4.08. The Kier molecular flexibility index (Phi) is 5.59. The Bertz CT molecular complexity index is 1300. The highest BCUT2D eigenvalue weighted by molar-refractivity contribution is 7.92. The maximum Gasteiger partial charge on any atom is 0.265 e. The van der Waals surface area contributed by atoms with E-state index >= 15 is 0 Å². The molecule has 1 aliphatic rings. The molecule has 0 fully saturated rings. The van der Waals surface area contributed by atoms with Gasteiger partial charge in [-0.3, -0.25) is 4.72 Å². The molecule has 31 heavy (non-hydrogen) atoms. The highest BCUT2D eigenvalue weighted by atomic mass is 35.5. The van der Waals surface area contributed by atoms with Crippen molar-refractivity contribution in [2.45, 2.75) is 18.1 Å². The Morgan fingerprint density at radius 1 is 1.00 bits per heavy atom. The Labute approximate surface area is 181 Å². The number of fused-ring (bicyclic) bond motifs is 6. The van der Waals surface area contributed by atoms with Gasteiger partial charge in [-0.15, -0.1) is 0 Å². The Hall–Kier alpha value is -2.75. The molecule has 0 unspecified atom stereocenters. The molecule has 0 atom stereocenters. The first kappa shape index (κ1) is 21.5. The number of benzene rings is 3. The van der Waals surface area contributed by atoms with Crippen LogP contribution in [0.15, 0.2) is 47.4 Å². The molecular weight excluding hydrogens is 455 g/mol. The summed E-state index contributed by atoms with van der Waals surface area (Å²) in [6.45, 7) is -0.0849. The lowest BCUT2D eigenvalue weighted by Crippen LogP contribution is -2.16. The topological polar surface area (TPSA) is 64.6 Å². The van der Waals surface area contributed by atoms with Crippen LogP contribution in [0, 0.1) is 17.5 Å². The fourth-order valence-electron chi connectivity index (χ4n) is 3.34. The maximum atomic E-state index is 14.6. The average molecular weight is 470 g/mol. The third-order valence-corrected chi connectivity index (χ3v) is 6.40. The molecule has 0 saturated carbocycles. The monoisotopic (exact) mass is 469 g/mol. The SMILES string of the molecule is COc1c(Cl)cc2cc1S(=O)(=O)Nc1cc(c(F)cc1F)-c1cc(F)ccc1COC2. The van der Waals surface area contributed by atoms with Gasteiger partial charge in [-0.2, -0.15) is 0 Å². The van der Waals surface area contributed by atoms with Gasteiger partial charge >= 0.3 is 0 Å². The number of hydrogen-bond acceptors (Lipinski definition) is 4. The number of ether oxygens (including phenoxy) is 2. The normalized spacial score (nSPS) is 15.0. The van der Waals surface area contributed by atoms with Crippen LogP contribution in [0.4, 0.5) is 18.9 Å². The Morgan fingerprint density at radius 2 is 1.77 bits per heavy atom. The smallest absolute Gasteiger partial charge is 0.265 e. The van der Waals surface area contributed by atoms with Gasteiger partial charge in [0.2, 0.25) is 0 Å². The predicted molar refractivity (Wildman–Crippen MR) is 109 cm³/mol. The first-order valence-electron chi connectivity index (χ1n) is 8.94. The summed E-state index contributed by atoms with van der Waals surface area (Å²) in [5, 5.41) is 0.0154. The second-order valence-corrected chi connectivity index (χ2v) is 8.88. The van der Waals surface area contributed by atoms with E-state index < -0.39 is 33.2 Å². The Morgan fingerprint density at radius 3 is 2.52 bits per heavy atom. The van der Waals surface area contributed by atoms with Gasteiger partial charge in [0, 0.05) is 11.6 Å². The molecule has 0 amide bonds. The molecule has 1 aliphatic heterocycles. The van der Waals surface area contributed by atoms with E-state index in [4.69, 9.17) is 21.1 Å². The highest BCUT2D eigenvalue weighted by Crippen LogP contribution is 2.37. The molecule has 3 aromatic rings. The van der Waals surface area contributed by atoms with E-state index in [2.05, 4.69) is 4.72 Å². The van der Waals surface area contributed by atoms with Crippen LogP contribution in [0.1, 0.15) is 11.1 Å². The van der Waals surface area contributed by atoms with Crippen molar-refractivity contribution < 1.29 is 31.1 Å². The molecular formula is C21H15ClF3NO4S. The molecule has 0 aromatic heterocycles. The van der Waals surface area contributed by atoms with Gasteiger partial charge in [0.1, 0.15) is 22.3 Å². The number of nitrogens with one attached hydrogen (secondary N) is 1. The van der Waals surface area contributed by atoms with Gasteiger partial charge in [0.25, 0.3) is 10.0 Å². The standard InChI is InChI=1S/C21H15ClF3NO4S/c1-29-21-16(22)4-11-5-20(21)31(27,28)26-19-7-15(17(24)8-18(19)25)14-6-13(23)3-2-12(14)10-30-9-11/h2-8,26H,9-10H2,1H3. The predicted octanol–water partition coefficient (Wildman–Crippen LogP) is 5.26. The summed E-state index contributed by atoms with van der Waals surface area (Å²) in [4.78, 5) is -0.339. The van der Waals surface area contributed by atoms with Crippen LogP contribution in [0.2, 0.25) is 5.02 Å². The highest BCUT2D eigenvalue weighted by Gasteiger charge is 2.26. The lowest BCUT2D eigenvalue weighted by Gasteiger charge is -2.15. The van der Waals surface area contributed by atoms with Gasteiger partial charge in [0.05, 0.1) is 31.0 Å². The molecule has 0 spiro atoms. The second-order valence-electron chi connectivity index (χ2n) is 6.82. The van der Waals surface area contributed by atoms with Crippen LogP contribution < -0.4 is 9.46 Å². The average Bonchev–Trinajstić information content (AvgIpc) is 2.70. The number of rotatable bonds is 1. The zero-order valence-electron chi connectivity index (χ0n) is 16.0. The van der Waals surface area contributed by atoms with Gasteiger partial charge in [0.15, 0.2) is 5.75 Å². The van der Waals surface area contributed by atoms with Gasteiger partial charge in [-0.1, -0.05) is 17.7 Å². The summed E-state index contributed by atoms with van der Waals surface area (Å²) in [6, 6.07) is 7.95. The summed E-state index contributed by atoms with van der Waals surface area (Å²) >= 11 is 6.18. The van der Waals surface area contributed by atoms with E-state index in [1.807, 2.05) is 0 Å². The van der Waals surface area contributed by atoms with E-state index in [1.165, 1.54) is 31.4 Å². The molecule has 162 valence electrons. The minimum Gasteiger partial charge on any atom is -0.494 e. The minimum absolute atomic E-state index is 0.0154. The van der Waals surface area contributed by atoms with Gasteiger partial charge < -0.3 is 9.47 Å². The van der Waals surface area contributed by atoms with E-state index in [0.717, 1.165) is 12.1 Å². The van der Waals surface area contributed by atoms with Crippen molar-refractivity contribution in [2.24, 2.45) is 0 Å². The first-order chi connectivity index (χ1) is 14.7. The van der Waals surface area contributed by atoms with E-state index in [9.17, 15) is 21.6 Å². The van der Waals surface area contributed by atoms with Crippen molar-refractivity contribution in [3.05, 3.63) is 76.1 Å². The van der Waals surface area contributed by atoms with E-state index in [0.29, 0.717) is 17.2 Å². The summed E-state index contributed by atoms with van der Waals surface area (Å²) in [6.07, 6.45) is 0. The molecule has 0 saturated heterocycles. The fraction of sp³-hybridized carbons (Fsp3) is 0.143. The maximum absolute atomic E-state index is 14.6. The van der Waals surface area contributed by atoms with Crippen molar-refractivity contribution in [1.82, 2.24) is 0 Å². The fourth-order valence-corrected chi connectivity index (χ4v) is 5.02. The summed E-state index contributed by atoms with van der Waals surface area (Å²) < 4.78 is 82.0. The number of anilines is 1. The Balaban J connectivity index is 1.98. The van der Waals surface area contributed by atoms with E-state index in [1.54, 1.807) is 0 Å². The van der Waals surface area contributed by atoms with Gasteiger partial charge in [-0.05, 0) is 47.0 Å².